The highest BCUT2D eigenvalue weighted by Crippen LogP contribution is 2.45. The average Bonchev–Trinajstić information content (AvgIpc) is 2.19. The Labute approximate surface area is 119 Å². The SMILES string of the molecule is CC1CC(C)(C)CC(O)(Cc2ccc(Cl)c(F)c2)C1. The van der Waals surface area contributed by atoms with Crippen molar-refractivity contribution in [2.75, 3.05) is 0 Å². The van der Waals surface area contributed by atoms with E-state index in [4.69, 9.17) is 11.6 Å². The van der Waals surface area contributed by atoms with Crippen LogP contribution in [0.5, 0.6) is 0 Å². The van der Waals surface area contributed by atoms with Crippen LogP contribution in [-0.4, -0.2) is 10.7 Å². The molecule has 1 aliphatic rings. The summed E-state index contributed by atoms with van der Waals surface area (Å²) in [6.45, 7) is 6.56. The van der Waals surface area contributed by atoms with E-state index in [9.17, 15) is 9.50 Å². The maximum atomic E-state index is 13.5. The van der Waals surface area contributed by atoms with Gasteiger partial charge in [0.15, 0.2) is 0 Å². The molecule has 1 aromatic rings. The molecule has 106 valence electrons. The first-order valence-corrected chi connectivity index (χ1v) is 7.23. The van der Waals surface area contributed by atoms with Gasteiger partial charge in [-0.05, 0) is 48.3 Å². The lowest BCUT2D eigenvalue weighted by molar-refractivity contribution is -0.0574. The molecule has 2 rings (SSSR count). The first kappa shape index (κ1) is 14.8. The standard InChI is InChI=1S/C16H22ClFO/c1-11-7-15(2,3)10-16(19,8-11)9-12-4-5-13(17)14(18)6-12/h4-6,11,19H,7-10H2,1-3H3. The van der Waals surface area contributed by atoms with E-state index in [2.05, 4.69) is 20.8 Å². The van der Waals surface area contributed by atoms with E-state index >= 15 is 0 Å². The Bertz CT molecular complexity index is 472. The Balaban J connectivity index is 2.18. The Morgan fingerprint density at radius 2 is 2.05 bits per heavy atom. The predicted molar refractivity (Wildman–Crippen MR) is 76.9 cm³/mol. The summed E-state index contributed by atoms with van der Waals surface area (Å²) >= 11 is 5.69. The summed E-state index contributed by atoms with van der Waals surface area (Å²) in [6, 6.07) is 4.80. The lowest BCUT2D eigenvalue weighted by Crippen LogP contribution is -2.43. The second-order valence-electron chi connectivity index (χ2n) is 7.00. The van der Waals surface area contributed by atoms with Gasteiger partial charge in [0.1, 0.15) is 5.82 Å². The minimum atomic E-state index is -0.735. The third kappa shape index (κ3) is 3.70. The summed E-state index contributed by atoms with van der Waals surface area (Å²) in [5.41, 5.74) is 0.216. The van der Waals surface area contributed by atoms with Crippen LogP contribution in [-0.2, 0) is 6.42 Å². The minimum Gasteiger partial charge on any atom is -0.390 e. The van der Waals surface area contributed by atoms with Crippen LogP contribution in [0.25, 0.3) is 0 Å². The molecule has 0 aromatic heterocycles. The molecule has 19 heavy (non-hydrogen) atoms. The van der Waals surface area contributed by atoms with Gasteiger partial charge in [0.25, 0.3) is 0 Å². The fraction of sp³-hybridized carbons (Fsp3) is 0.625. The first-order valence-electron chi connectivity index (χ1n) is 6.85. The van der Waals surface area contributed by atoms with Crippen molar-refractivity contribution in [3.05, 3.63) is 34.6 Å². The van der Waals surface area contributed by atoms with Gasteiger partial charge in [0.05, 0.1) is 10.6 Å². The van der Waals surface area contributed by atoms with Crippen LogP contribution < -0.4 is 0 Å². The third-order valence-electron chi connectivity index (χ3n) is 3.95. The van der Waals surface area contributed by atoms with Crippen molar-refractivity contribution in [2.45, 2.75) is 52.1 Å². The zero-order valence-corrected chi connectivity index (χ0v) is 12.6. The summed E-state index contributed by atoms with van der Waals surface area (Å²) in [5, 5.41) is 11.0. The molecule has 0 bridgehead atoms. The van der Waals surface area contributed by atoms with Crippen LogP contribution in [0.4, 0.5) is 4.39 Å². The van der Waals surface area contributed by atoms with Gasteiger partial charge < -0.3 is 5.11 Å². The molecular weight excluding hydrogens is 263 g/mol. The third-order valence-corrected chi connectivity index (χ3v) is 4.26. The molecule has 0 spiro atoms. The van der Waals surface area contributed by atoms with Crippen LogP contribution in [0.2, 0.25) is 5.02 Å². The van der Waals surface area contributed by atoms with E-state index in [1.54, 1.807) is 12.1 Å². The normalized spacial score (nSPS) is 30.3. The summed E-state index contributed by atoms with van der Waals surface area (Å²) in [6.07, 6.45) is 3.16. The molecule has 0 amide bonds. The molecule has 0 saturated heterocycles. The van der Waals surface area contributed by atoms with Crippen molar-refractivity contribution in [1.82, 2.24) is 0 Å². The Morgan fingerprint density at radius 1 is 1.37 bits per heavy atom. The second kappa shape index (κ2) is 5.06. The highest BCUT2D eigenvalue weighted by molar-refractivity contribution is 6.30. The van der Waals surface area contributed by atoms with Gasteiger partial charge in [-0.25, -0.2) is 4.39 Å². The molecule has 2 atom stereocenters. The Morgan fingerprint density at radius 3 is 2.63 bits per heavy atom. The van der Waals surface area contributed by atoms with E-state index in [-0.39, 0.29) is 10.4 Å². The molecule has 1 fully saturated rings. The Hall–Kier alpha value is -0.600. The van der Waals surface area contributed by atoms with E-state index < -0.39 is 11.4 Å². The van der Waals surface area contributed by atoms with Crippen molar-refractivity contribution < 1.29 is 9.50 Å². The fourth-order valence-electron chi connectivity index (χ4n) is 3.86. The zero-order valence-electron chi connectivity index (χ0n) is 11.8. The van der Waals surface area contributed by atoms with Gasteiger partial charge in [0, 0.05) is 6.42 Å². The number of halogens is 2. The van der Waals surface area contributed by atoms with Crippen LogP contribution in [0.3, 0.4) is 0 Å². The molecule has 2 unspecified atom stereocenters. The van der Waals surface area contributed by atoms with Gasteiger partial charge in [-0.15, -0.1) is 0 Å². The van der Waals surface area contributed by atoms with E-state index in [1.807, 2.05) is 0 Å². The summed E-state index contributed by atoms with van der Waals surface area (Å²) in [7, 11) is 0. The van der Waals surface area contributed by atoms with Crippen molar-refractivity contribution in [3.63, 3.8) is 0 Å². The maximum absolute atomic E-state index is 13.5. The molecule has 1 aliphatic carbocycles. The van der Waals surface area contributed by atoms with Crippen molar-refractivity contribution in [3.8, 4) is 0 Å². The molecule has 0 aliphatic heterocycles. The zero-order chi connectivity index (χ0) is 14.3. The molecule has 0 heterocycles. The van der Waals surface area contributed by atoms with Gasteiger partial charge in [-0.2, -0.15) is 0 Å². The van der Waals surface area contributed by atoms with Gasteiger partial charge in [-0.3, -0.25) is 0 Å². The molecule has 1 saturated carbocycles. The number of benzene rings is 1. The highest BCUT2D eigenvalue weighted by atomic mass is 35.5. The maximum Gasteiger partial charge on any atom is 0.142 e. The quantitative estimate of drug-likeness (QED) is 0.841. The molecule has 0 radical (unpaired) electrons. The molecule has 1 aromatic carbocycles. The summed E-state index contributed by atoms with van der Waals surface area (Å²) in [4.78, 5) is 0. The van der Waals surface area contributed by atoms with E-state index in [1.165, 1.54) is 6.07 Å². The number of aliphatic hydroxyl groups is 1. The lowest BCUT2D eigenvalue weighted by Gasteiger charge is -2.44. The van der Waals surface area contributed by atoms with E-state index in [0.717, 1.165) is 24.8 Å². The topological polar surface area (TPSA) is 20.2 Å². The first-order chi connectivity index (χ1) is 8.69. The van der Waals surface area contributed by atoms with Crippen molar-refractivity contribution in [2.24, 2.45) is 11.3 Å². The number of hydrogen-bond acceptors (Lipinski definition) is 1. The largest absolute Gasteiger partial charge is 0.390 e. The van der Waals surface area contributed by atoms with Crippen LogP contribution in [0, 0.1) is 17.2 Å². The number of hydrogen-bond donors (Lipinski definition) is 1. The smallest absolute Gasteiger partial charge is 0.142 e. The lowest BCUT2D eigenvalue weighted by atomic mass is 9.64. The van der Waals surface area contributed by atoms with Crippen molar-refractivity contribution in [1.29, 1.82) is 0 Å². The molecule has 1 nitrogen and oxygen atoms in total. The fourth-order valence-corrected chi connectivity index (χ4v) is 3.98. The highest BCUT2D eigenvalue weighted by Gasteiger charge is 2.41. The van der Waals surface area contributed by atoms with Gasteiger partial charge >= 0.3 is 0 Å². The molecule has 1 N–H and O–H groups in total. The monoisotopic (exact) mass is 284 g/mol. The van der Waals surface area contributed by atoms with Crippen molar-refractivity contribution >= 4 is 11.6 Å². The molecular formula is C16H22ClFO. The Kier molecular flexibility index (Phi) is 3.95. The van der Waals surface area contributed by atoms with Gasteiger partial charge in [-0.1, -0.05) is 38.4 Å². The predicted octanol–water partition coefficient (Wildman–Crippen LogP) is 4.60. The van der Waals surface area contributed by atoms with E-state index in [0.29, 0.717) is 12.3 Å². The van der Waals surface area contributed by atoms with Crippen LogP contribution in [0.1, 0.15) is 45.6 Å². The summed E-state index contributed by atoms with van der Waals surface area (Å²) in [5.74, 6) is 0.0804. The van der Waals surface area contributed by atoms with Gasteiger partial charge in [0.2, 0.25) is 0 Å². The van der Waals surface area contributed by atoms with Crippen LogP contribution in [0.15, 0.2) is 18.2 Å². The van der Waals surface area contributed by atoms with Crippen LogP contribution >= 0.6 is 11.6 Å². The average molecular weight is 285 g/mol. The summed E-state index contributed by atoms with van der Waals surface area (Å²) < 4.78 is 13.5. The molecule has 3 heteroatoms. The second-order valence-corrected chi connectivity index (χ2v) is 7.41. The minimum absolute atomic E-state index is 0.132. The number of rotatable bonds is 2.